The molecule has 28 heavy (non-hydrogen) atoms. The van der Waals surface area contributed by atoms with Crippen LogP contribution in [0, 0.1) is 0 Å². The van der Waals surface area contributed by atoms with Crippen LogP contribution >= 0.6 is 15.9 Å². The maximum Gasteiger partial charge on any atom is 0.251 e. The van der Waals surface area contributed by atoms with Crippen LogP contribution in [0.5, 0.6) is 0 Å². The Morgan fingerprint density at radius 2 is 1.93 bits per heavy atom. The zero-order chi connectivity index (χ0) is 19.5. The topological polar surface area (TPSA) is 75.5 Å². The highest BCUT2D eigenvalue weighted by atomic mass is 79.9. The fourth-order valence-corrected chi connectivity index (χ4v) is 3.11. The minimum absolute atomic E-state index is 0.0461. The van der Waals surface area contributed by atoms with Gasteiger partial charge >= 0.3 is 0 Å². The zero-order valence-electron chi connectivity index (χ0n) is 15.1. The predicted octanol–water partition coefficient (Wildman–Crippen LogP) is 3.32. The molecule has 1 saturated carbocycles. The second-order valence-corrected chi connectivity index (χ2v) is 7.68. The maximum absolute atomic E-state index is 12.1. The Morgan fingerprint density at radius 3 is 2.68 bits per heavy atom. The standard InChI is InChI=1S/C21H19BrN4O2/c22-16-6-9-19-24-18(13-26(19)12-16)11-23-20(27)10-3-14-1-4-15(5-2-14)21(28)25-17-7-8-17/h1-6,9-10,12-13,17H,7-8,11H2,(H,23,27)(H,25,28)/b10-3+. The Morgan fingerprint density at radius 1 is 1.14 bits per heavy atom. The molecule has 0 unspecified atom stereocenters. The van der Waals surface area contributed by atoms with Crippen LogP contribution < -0.4 is 10.6 Å². The van der Waals surface area contributed by atoms with Crippen molar-refractivity contribution in [3.63, 3.8) is 0 Å². The third kappa shape index (κ3) is 4.67. The summed E-state index contributed by atoms with van der Waals surface area (Å²) in [5, 5.41) is 5.78. The van der Waals surface area contributed by atoms with Crippen LogP contribution in [-0.2, 0) is 11.3 Å². The Kier molecular flexibility index (Phi) is 5.25. The van der Waals surface area contributed by atoms with E-state index in [1.807, 2.05) is 41.1 Å². The Balaban J connectivity index is 1.31. The van der Waals surface area contributed by atoms with Crippen LogP contribution in [0.2, 0.25) is 0 Å². The Bertz CT molecular complexity index is 1050. The van der Waals surface area contributed by atoms with E-state index in [2.05, 4.69) is 31.5 Å². The van der Waals surface area contributed by atoms with E-state index in [-0.39, 0.29) is 11.8 Å². The number of halogens is 1. The number of hydrogen-bond acceptors (Lipinski definition) is 3. The number of amides is 2. The number of nitrogens with zero attached hydrogens (tertiary/aromatic N) is 2. The van der Waals surface area contributed by atoms with Crippen molar-refractivity contribution in [2.45, 2.75) is 25.4 Å². The number of fused-ring (bicyclic) bond motifs is 1. The van der Waals surface area contributed by atoms with Crippen LogP contribution in [0.3, 0.4) is 0 Å². The number of hydrogen-bond donors (Lipinski definition) is 2. The lowest BCUT2D eigenvalue weighted by molar-refractivity contribution is -0.116. The fourth-order valence-electron chi connectivity index (χ4n) is 2.75. The molecule has 1 aromatic carbocycles. The van der Waals surface area contributed by atoms with Gasteiger partial charge in [0.05, 0.1) is 12.2 Å². The molecule has 2 N–H and O–H groups in total. The maximum atomic E-state index is 12.1. The molecule has 7 heteroatoms. The highest BCUT2D eigenvalue weighted by molar-refractivity contribution is 9.10. The predicted molar refractivity (Wildman–Crippen MR) is 111 cm³/mol. The van der Waals surface area contributed by atoms with Crippen molar-refractivity contribution in [3.05, 3.63) is 76.2 Å². The molecule has 0 atom stereocenters. The highest BCUT2D eigenvalue weighted by Gasteiger charge is 2.23. The average molecular weight is 439 g/mol. The molecule has 2 amide bonds. The molecule has 0 radical (unpaired) electrons. The first-order chi connectivity index (χ1) is 13.6. The third-order valence-electron chi connectivity index (χ3n) is 4.42. The quantitative estimate of drug-likeness (QED) is 0.579. The van der Waals surface area contributed by atoms with E-state index in [0.29, 0.717) is 18.2 Å². The van der Waals surface area contributed by atoms with Gasteiger partial charge in [-0.15, -0.1) is 0 Å². The lowest BCUT2D eigenvalue weighted by Crippen LogP contribution is -2.25. The summed E-state index contributed by atoms with van der Waals surface area (Å²) >= 11 is 3.42. The van der Waals surface area contributed by atoms with Crippen molar-refractivity contribution in [2.24, 2.45) is 0 Å². The fraction of sp³-hybridized carbons (Fsp3) is 0.190. The summed E-state index contributed by atoms with van der Waals surface area (Å²) in [6.45, 7) is 0.350. The molecule has 1 fully saturated rings. The van der Waals surface area contributed by atoms with Gasteiger partial charge in [0, 0.05) is 34.5 Å². The molecular weight excluding hydrogens is 420 g/mol. The number of carbonyl (C=O) groups excluding carboxylic acids is 2. The van der Waals surface area contributed by atoms with Gasteiger partial charge in [0.15, 0.2) is 0 Å². The van der Waals surface area contributed by atoms with Crippen LogP contribution in [0.1, 0.15) is 34.5 Å². The van der Waals surface area contributed by atoms with Crippen molar-refractivity contribution in [2.75, 3.05) is 0 Å². The molecule has 3 aromatic rings. The zero-order valence-corrected chi connectivity index (χ0v) is 16.6. The molecule has 4 rings (SSSR count). The summed E-state index contributed by atoms with van der Waals surface area (Å²) < 4.78 is 2.87. The van der Waals surface area contributed by atoms with E-state index < -0.39 is 0 Å². The molecule has 1 aliphatic carbocycles. The molecule has 2 heterocycles. The first kappa shape index (κ1) is 18.4. The Hall–Kier alpha value is -2.93. The lowest BCUT2D eigenvalue weighted by Gasteiger charge is -2.03. The van der Waals surface area contributed by atoms with Gasteiger partial charge in [-0.1, -0.05) is 12.1 Å². The first-order valence-corrected chi connectivity index (χ1v) is 9.86. The molecule has 0 aliphatic heterocycles. The molecule has 0 bridgehead atoms. The van der Waals surface area contributed by atoms with Crippen molar-refractivity contribution < 1.29 is 9.59 Å². The molecular formula is C21H19BrN4O2. The van der Waals surface area contributed by atoms with Crippen molar-refractivity contribution >= 4 is 39.5 Å². The summed E-state index contributed by atoms with van der Waals surface area (Å²) in [6, 6.07) is 11.4. The molecule has 0 saturated heterocycles. The summed E-state index contributed by atoms with van der Waals surface area (Å²) in [6.07, 6.45) is 9.13. The van der Waals surface area contributed by atoms with Gasteiger partial charge in [0.2, 0.25) is 5.91 Å². The number of pyridine rings is 1. The monoisotopic (exact) mass is 438 g/mol. The van der Waals surface area contributed by atoms with Crippen LogP contribution in [-0.4, -0.2) is 27.2 Å². The first-order valence-electron chi connectivity index (χ1n) is 9.07. The number of carbonyl (C=O) groups is 2. The SMILES string of the molecule is O=C(/C=C/c1ccc(C(=O)NC2CC2)cc1)NCc1cn2cc(Br)ccc2n1. The van der Waals surface area contributed by atoms with Gasteiger partial charge in [-0.05, 0) is 64.7 Å². The second-order valence-electron chi connectivity index (χ2n) is 6.77. The largest absolute Gasteiger partial charge is 0.349 e. The number of nitrogens with one attached hydrogen (secondary N) is 2. The van der Waals surface area contributed by atoms with Crippen LogP contribution in [0.15, 0.2) is 59.3 Å². The highest BCUT2D eigenvalue weighted by Crippen LogP contribution is 2.19. The summed E-state index contributed by atoms with van der Waals surface area (Å²) in [5.74, 6) is -0.246. The molecule has 142 valence electrons. The van der Waals surface area contributed by atoms with Gasteiger partial charge in [-0.3, -0.25) is 9.59 Å². The number of rotatable bonds is 6. The van der Waals surface area contributed by atoms with E-state index in [1.54, 1.807) is 18.2 Å². The molecule has 0 spiro atoms. The van der Waals surface area contributed by atoms with Crippen LogP contribution in [0.4, 0.5) is 0 Å². The van der Waals surface area contributed by atoms with Crippen LogP contribution in [0.25, 0.3) is 11.7 Å². The van der Waals surface area contributed by atoms with E-state index >= 15 is 0 Å². The van der Waals surface area contributed by atoms with Gasteiger partial charge in [-0.25, -0.2) is 4.98 Å². The third-order valence-corrected chi connectivity index (χ3v) is 4.89. The average Bonchev–Trinajstić information content (AvgIpc) is 3.41. The van der Waals surface area contributed by atoms with Crippen molar-refractivity contribution in [1.82, 2.24) is 20.0 Å². The molecule has 6 nitrogen and oxygen atoms in total. The lowest BCUT2D eigenvalue weighted by atomic mass is 10.1. The van der Waals surface area contributed by atoms with Gasteiger partial charge in [0.25, 0.3) is 5.91 Å². The van der Waals surface area contributed by atoms with E-state index in [4.69, 9.17) is 0 Å². The van der Waals surface area contributed by atoms with E-state index in [1.165, 1.54) is 6.08 Å². The van der Waals surface area contributed by atoms with E-state index in [0.717, 1.165) is 34.2 Å². The van der Waals surface area contributed by atoms with Gasteiger partial charge in [-0.2, -0.15) is 0 Å². The molecule has 1 aliphatic rings. The normalized spacial score (nSPS) is 13.8. The van der Waals surface area contributed by atoms with Crippen molar-refractivity contribution in [3.8, 4) is 0 Å². The molecule has 2 aromatic heterocycles. The summed E-state index contributed by atoms with van der Waals surface area (Å²) in [5.41, 5.74) is 3.10. The van der Waals surface area contributed by atoms with Gasteiger partial charge < -0.3 is 15.0 Å². The minimum Gasteiger partial charge on any atom is -0.349 e. The number of benzene rings is 1. The van der Waals surface area contributed by atoms with E-state index in [9.17, 15) is 9.59 Å². The number of aromatic nitrogens is 2. The number of imidazole rings is 1. The summed E-state index contributed by atoms with van der Waals surface area (Å²) in [7, 11) is 0. The Labute approximate surface area is 170 Å². The van der Waals surface area contributed by atoms with Crippen molar-refractivity contribution in [1.29, 1.82) is 0 Å². The van der Waals surface area contributed by atoms with Gasteiger partial charge in [0.1, 0.15) is 5.65 Å². The second kappa shape index (κ2) is 7.98. The summed E-state index contributed by atoms with van der Waals surface area (Å²) in [4.78, 5) is 28.5. The smallest absolute Gasteiger partial charge is 0.251 e. The minimum atomic E-state index is -0.200.